The van der Waals surface area contributed by atoms with Crippen molar-refractivity contribution in [1.82, 2.24) is 0 Å². The van der Waals surface area contributed by atoms with Crippen LogP contribution in [-0.2, 0) is 28.6 Å². The smallest absolute Gasteiger partial charge is 0.306 e. The van der Waals surface area contributed by atoms with Gasteiger partial charge in [-0.25, -0.2) is 0 Å². The van der Waals surface area contributed by atoms with Gasteiger partial charge in [0.2, 0.25) is 0 Å². The number of allylic oxidation sites excluding steroid dienone is 12. The third kappa shape index (κ3) is 32.7. The van der Waals surface area contributed by atoms with Crippen molar-refractivity contribution in [2.45, 2.75) is 148 Å². The fraction of sp³-hybridized carbons (Fsp3) is 0.659. The van der Waals surface area contributed by atoms with Crippen LogP contribution in [0.1, 0.15) is 136 Å². The topological polar surface area (TPSA) is 102 Å². The lowest BCUT2D eigenvalue weighted by atomic mass is 10.1. The normalized spacial score (nSPS) is 13.8. The Morgan fingerprint density at radius 2 is 1.02 bits per heavy atom. The standard InChI is InChI=1S/C44H73NO7/c1-6-8-10-12-14-16-18-20-21-22-23-25-26-28-30-32-34-42(46)51-39-40(38-50-37-36-41(44(48)49)45(3,4)5)52-43(47)35-33-31-29-27-24-19-17-15-13-11-9-7-2/h8-11,14-17,20-21,23,25,40-41H,6-7,12-13,18-19,22,24,26-39H2,1-5H3/b10-8+,11-9+,16-14+,17-15+,21-20+,25-23+. The van der Waals surface area contributed by atoms with Crippen molar-refractivity contribution in [3.05, 3.63) is 72.9 Å². The number of carboxylic acids is 1. The van der Waals surface area contributed by atoms with Gasteiger partial charge >= 0.3 is 11.9 Å². The third-order valence-corrected chi connectivity index (χ3v) is 8.34. The molecule has 2 unspecified atom stereocenters. The zero-order valence-corrected chi connectivity index (χ0v) is 33.4. The van der Waals surface area contributed by atoms with Crippen molar-refractivity contribution in [1.29, 1.82) is 0 Å². The molecule has 0 rings (SSSR count). The van der Waals surface area contributed by atoms with E-state index >= 15 is 0 Å². The molecule has 0 aromatic heterocycles. The molecule has 8 nitrogen and oxygen atoms in total. The summed E-state index contributed by atoms with van der Waals surface area (Å²) in [6.07, 6.45) is 42.1. The first-order chi connectivity index (χ1) is 25.1. The highest BCUT2D eigenvalue weighted by molar-refractivity contribution is 5.70. The summed E-state index contributed by atoms with van der Waals surface area (Å²) in [7, 11) is 5.37. The first-order valence-corrected chi connectivity index (χ1v) is 20.0. The number of nitrogens with zero attached hydrogens (tertiary/aromatic N) is 1. The molecule has 0 bridgehead atoms. The van der Waals surface area contributed by atoms with Gasteiger partial charge in [-0.3, -0.25) is 9.59 Å². The van der Waals surface area contributed by atoms with Gasteiger partial charge in [0.15, 0.2) is 6.10 Å². The second-order valence-corrected chi connectivity index (χ2v) is 14.1. The molecule has 0 aromatic carbocycles. The summed E-state index contributed by atoms with van der Waals surface area (Å²) in [5.74, 6) is -1.81. The van der Waals surface area contributed by atoms with Gasteiger partial charge in [0.05, 0.1) is 40.3 Å². The number of rotatable bonds is 34. The largest absolute Gasteiger partial charge is 0.544 e. The molecule has 0 amide bonds. The summed E-state index contributed by atoms with van der Waals surface area (Å²) in [6.45, 7) is 4.36. The number of carbonyl (C=O) groups is 3. The van der Waals surface area contributed by atoms with Crippen LogP contribution >= 0.6 is 0 Å². The fourth-order valence-corrected chi connectivity index (χ4v) is 5.27. The van der Waals surface area contributed by atoms with Crippen LogP contribution in [0.25, 0.3) is 0 Å². The molecular weight excluding hydrogens is 654 g/mol. The highest BCUT2D eigenvalue weighted by atomic mass is 16.6. The van der Waals surface area contributed by atoms with Gasteiger partial charge in [-0.05, 0) is 77.0 Å². The predicted octanol–water partition coefficient (Wildman–Crippen LogP) is 9.07. The maximum Gasteiger partial charge on any atom is 0.306 e. The lowest BCUT2D eigenvalue weighted by Gasteiger charge is -2.34. The molecule has 296 valence electrons. The Labute approximate surface area is 317 Å². The summed E-state index contributed by atoms with van der Waals surface area (Å²) in [5, 5.41) is 11.6. The molecule has 8 heteroatoms. The second kappa shape index (κ2) is 34.8. The van der Waals surface area contributed by atoms with Gasteiger partial charge in [0.1, 0.15) is 12.6 Å². The number of esters is 2. The van der Waals surface area contributed by atoms with E-state index in [1.54, 1.807) is 21.1 Å². The highest BCUT2D eigenvalue weighted by Gasteiger charge is 2.25. The summed E-state index contributed by atoms with van der Waals surface area (Å²) in [4.78, 5) is 36.7. The molecular formula is C44H73NO7. The van der Waals surface area contributed by atoms with Gasteiger partial charge in [-0.2, -0.15) is 0 Å². The van der Waals surface area contributed by atoms with Crippen LogP contribution < -0.4 is 5.11 Å². The van der Waals surface area contributed by atoms with Crippen LogP contribution in [-0.4, -0.2) is 75.5 Å². The summed E-state index contributed by atoms with van der Waals surface area (Å²) in [5.41, 5.74) is 0. The quantitative estimate of drug-likeness (QED) is 0.0282. The fourth-order valence-electron chi connectivity index (χ4n) is 5.27. The van der Waals surface area contributed by atoms with Crippen LogP contribution in [0, 0.1) is 0 Å². The maximum absolute atomic E-state index is 12.6. The second-order valence-electron chi connectivity index (χ2n) is 14.1. The number of carboxylic acid groups (broad SMARTS) is 1. The summed E-state index contributed by atoms with van der Waals surface area (Å²) in [6, 6.07) is -0.735. The van der Waals surface area contributed by atoms with Crippen LogP contribution in [0.4, 0.5) is 0 Å². The lowest BCUT2D eigenvalue weighted by Crippen LogP contribution is -2.55. The van der Waals surface area contributed by atoms with Gasteiger partial charge in [0, 0.05) is 19.3 Å². The summed E-state index contributed by atoms with van der Waals surface area (Å²) >= 11 is 0. The Kier molecular flexibility index (Phi) is 32.7. The Morgan fingerprint density at radius 1 is 0.577 bits per heavy atom. The number of unbranched alkanes of at least 4 members (excludes halogenated alkanes) is 8. The predicted molar refractivity (Wildman–Crippen MR) is 212 cm³/mol. The van der Waals surface area contributed by atoms with Crippen LogP contribution in [0.3, 0.4) is 0 Å². The summed E-state index contributed by atoms with van der Waals surface area (Å²) < 4.78 is 17.1. The van der Waals surface area contributed by atoms with Crippen molar-refractivity contribution >= 4 is 17.9 Å². The molecule has 0 aliphatic rings. The van der Waals surface area contributed by atoms with Crippen molar-refractivity contribution in [2.24, 2.45) is 0 Å². The Morgan fingerprint density at radius 3 is 1.52 bits per heavy atom. The van der Waals surface area contributed by atoms with E-state index in [0.717, 1.165) is 103 Å². The van der Waals surface area contributed by atoms with Crippen LogP contribution in [0.5, 0.6) is 0 Å². The molecule has 0 fully saturated rings. The minimum absolute atomic E-state index is 0.0204. The monoisotopic (exact) mass is 728 g/mol. The van der Waals surface area contributed by atoms with Gasteiger partial charge in [-0.1, -0.05) is 112 Å². The minimum Gasteiger partial charge on any atom is -0.544 e. The van der Waals surface area contributed by atoms with Crippen LogP contribution in [0.2, 0.25) is 0 Å². The maximum atomic E-state index is 12.6. The van der Waals surface area contributed by atoms with E-state index in [2.05, 4.69) is 86.8 Å². The van der Waals surface area contributed by atoms with Crippen LogP contribution in [0.15, 0.2) is 72.9 Å². The number of likely N-dealkylation sites (N-methyl/N-ethyl adjacent to an activating group) is 1. The van der Waals surface area contributed by atoms with Crippen molar-refractivity contribution in [2.75, 3.05) is 41.0 Å². The molecule has 52 heavy (non-hydrogen) atoms. The molecule has 0 aliphatic heterocycles. The molecule has 0 heterocycles. The van der Waals surface area contributed by atoms with E-state index in [-0.39, 0.29) is 42.7 Å². The Hall–Kier alpha value is -3.23. The van der Waals surface area contributed by atoms with Gasteiger partial charge < -0.3 is 28.6 Å². The van der Waals surface area contributed by atoms with E-state index in [0.29, 0.717) is 12.8 Å². The first-order valence-electron chi connectivity index (χ1n) is 20.0. The SMILES string of the molecule is CC/C=C/C/C=C/C/C=C/C/C=C/CCCCCC(=O)OCC(COCCC(C(=O)[O-])[N+](C)(C)C)OC(=O)CCCCCCC/C=C/C/C=C/CC. The first kappa shape index (κ1) is 48.8. The molecule has 0 spiro atoms. The van der Waals surface area contributed by atoms with Gasteiger partial charge in [0.25, 0.3) is 0 Å². The van der Waals surface area contributed by atoms with Crippen molar-refractivity contribution < 1.29 is 38.2 Å². The number of carbonyl (C=O) groups excluding carboxylic acids is 3. The minimum atomic E-state index is -1.14. The zero-order valence-electron chi connectivity index (χ0n) is 33.4. The number of aliphatic carboxylic acids is 1. The third-order valence-electron chi connectivity index (χ3n) is 8.34. The van der Waals surface area contributed by atoms with E-state index < -0.39 is 18.1 Å². The number of hydrogen-bond acceptors (Lipinski definition) is 7. The highest BCUT2D eigenvalue weighted by Crippen LogP contribution is 2.12. The molecule has 0 aromatic rings. The lowest BCUT2D eigenvalue weighted by molar-refractivity contribution is -0.889. The Balaban J connectivity index is 4.48. The van der Waals surface area contributed by atoms with E-state index in [1.165, 1.54) is 0 Å². The molecule has 0 saturated heterocycles. The Bertz CT molecular complexity index is 1080. The number of hydrogen-bond donors (Lipinski definition) is 0. The van der Waals surface area contributed by atoms with E-state index in [9.17, 15) is 19.5 Å². The van der Waals surface area contributed by atoms with Gasteiger partial charge in [-0.15, -0.1) is 0 Å². The zero-order chi connectivity index (χ0) is 38.5. The van der Waals surface area contributed by atoms with E-state index in [4.69, 9.17) is 14.2 Å². The molecule has 0 radical (unpaired) electrons. The number of ether oxygens (including phenoxy) is 3. The molecule has 0 saturated carbocycles. The molecule has 2 atom stereocenters. The average Bonchev–Trinajstić information content (AvgIpc) is 3.09. The van der Waals surface area contributed by atoms with Crippen molar-refractivity contribution in [3.63, 3.8) is 0 Å². The van der Waals surface area contributed by atoms with Crippen molar-refractivity contribution in [3.8, 4) is 0 Å². The van der Waals surface area contributed by atoms with E-state index in [1.807, 2.05) is 0 Å². The molecule has 0 aliphatic carbocycles. The average molecular weight is 728 g/mol. The molecule has 0 N–H and O–H groups in total. The number of quaternary nitrogens is 1.